The quantitative estimate of drug-likeness (QED) is 0.847. The van der Waals surface area contributed by atoms with E-state index in [1.165, 1.54) is 18.2 Å². The minimum atomic E-state index is -0.346. The molecule has 2 N–H and O–H groups in total. The topological polar surface area (TPSA) is 32.3 Å². The lowest BCUT2D eigenvalue weighted by Gasteiger charge is -2.21. The summed E-state index contributed by atoms with van der Waals surface area (Å²) < 4.78 is 14.3. The Kier molecular flexibility index (Phi) is 4.78. The van der Waals surface area contributed by atoms with Crippen LogP contribution in [0.1, 0.15) is 37.1 Å². The number of rotatable bonds is 4. The summed E-state index contributed by atoms with van der Waals surface area (Å²) in [7, 11) is 0. The van der Waals surface area contributed by atoms with Gasteiger partial charge in [-0.2, -0.15) is 0 Å². The summed E-state index contributed by atoms with van der Waals surface area (Å²) in [6.07, 6.45) is 0. The first-order valence-electron chi connectivity index (χ1n) is 6.47. The molecule has 4 heteroatoms. The zero-order valence-electron chi connectivity index (χ0n) is 11.4. The molecule has 2 nitrogen and oxygen atoms in total. The average molecular weight is 338 g/mol. The summed E-state index contributed by atoms with van der Waals surface area (Å²) >= 11 is 3.45. The zero-order chi connectivity index (χ0) is 14.7. The van der Waals surface area contributed by atoms with Gasteiger partial charge in [-0.3, -0.25) is 0 Å². The Balaban J connectivity index is 2.15. The standard InChI is InChI=1S/C16H17BrFNO/c1-10(12-4-3-5-13(17)8-12)19-11(2)15-9-14(18)6-7-16(15)20/h3-11,19-20H,1-2H3/t10-,11?/m0/s1. The van der Waals surface area contributed by atoms with Crippen molar-refractivity contribution in [2.45, 2.75) is 25.9 Å². The molecule has 0 aliphatic carbocycles. The van der Waals surface area contributed by atoms with E-state index in [4.69, 9.17) is 0 Å². The number of hydrogen-bond donors (Lipinski definition) is 2. The fourth-order valence-corrected chi connectivity index (χ4v) is 2.63. The van der Waals surface area contributed by atoms with Crippen molar-refractivity contribution in [1.29, 1.82) is 0 Å². The molecule has 0 spiro atoms. The van der Waals surface area contributed by atoms with E-state index >= 15 is 0 Å². The predicted octanol–water partition coefficient (Wildman–Crippen LogP) is 4.71. The van der Waals surface area contributed by atoms with Crippen LogP contribution in [0, 0.1) is 5.82 Å². The van der Waals surface area contributed by atoms with Crippen LogP contribution in [0.5, 0.6) is 5.75 Å². The Hall–Kier alpha value is -1.39. The van der Waals surface area contributed by atoms with Gasteiger partial charge in [-0.05, 0) is 49.7 Å². The van der Waals surface area contributed by atoms with E-state index in [2.05, 4.69) is 21.2 Å². The average Bonchev–Trinajstić information content (AvgIpc) is 2.41. The van der Waals surface area contributed by atoms with Crippen LogP contribution in [0.3, 0.4) is 0 Å². The van der Waals surface area contributed by atoms with Crippen molar-refractivity contribution < 1.29 is 9.50 Å². The van der Waals surface area contributed by atoms with Gasteiger partial charge >= 0.3 is 0 Å². The second kappa shape index (κ2) is 6.37. The van der Waals surface area contributed by atoms with E-state index in [9.17, 15) is 9.50 Å². The van der Waals surface area contributed by atoms with Gasteiger partial charge in [0, 0.05) is 22.1 Å². The Morgan fingerprint density at radius 3 is 2.55 bits per heavy atom. The molecule has 1 unspecified atom stereocenters. The number of hydrogen-bond acceptors (Lipinski definition) is 2. The van der Waals surface area contributed by atoms with Gasteiger partial charge in [0.25, 0.3) is 0 Å². The highest BCUT2D eigenvalue weighted by atomic mass is 79.9. The summed E-state index contributed by atoms with van der Waals surface area (Å²) in [4.78, 5) is 0. The zero-order valence-corrected chi connectivity index (χ0v) is 13.0. The third kappa shape index (κ3) is 3.58. The van der Waals surface area contributed by atoms with Crippen molar-refractivity contribution in [3.63, 3.8) is 0 Å². The lowest BCUT2D eigenvalue weighted by atomic mass is 10.0. The van der Waals surface area contributed by atoms with Crippen LogP contribution in [0.2, 0.25) is 0 Å². The molecular weight excluding hydrogens is 321 g/mol. The normalized spacial score (nSPS) is 14.0. The molecule has 0 saturated heterocycles. The molecular formula is C16H17BrFNO. The van der Waals surface area contributed by atoms with Crippen molar-refractivity contribution in [2.24, 2.45) is 0 Å². The van der Waals surface area contributed by atoms with Crippen molar-refractivity contribution in [2.75, 3.05) is 0 Å². The van der Waals surface area contributed by atoms with Gasteiger partial charge in [-0.1, -0.05) is 28.1 Å². The van der Waals surface area contributed by atoms with Gasteiger partial charge in [0.15, 0.2) is 0 Å². The summed E-state index contributed by atoms with van der Waals surface area (Å²) in [5, 5.41) is 13.2. The van der Waals surface area contributed by atoms with Crippen molar-refractivity contribution in [3.8, 4) is 5.75 Å². The van der Waals surface area contributed by atoms with Gasteiger partial charge in [-0.15, -0.1) is 0 Å². The fourth-order valence-electron chi connectivity index (χ4n) is 2.21. The molecule has 0 fully saturated rings. The first-order chi connectivity index (χ1) is 9.47. The highest BCUT2D eigenvalue weighted by Gasteiger charge is 2.15. The molecule has 0 radical (unpaired) electrons. The molecule has 2 rings (SSSR count). The maximum absolute atomic E-state index is 13.3. The van der Waals surface area contributed by atoms with Crippen molar-refractivity contribution >= 4 is 15.9 Å². The minimum Gasteiger partial charge on any atom is -0.508 e. The maximum Gasteiger partial charge on any atom is 0.123 e. The lowest BCUT2D eigenvalue weighted by Crippen LogP contribution is -2.22. The highest BCUT2D eigenvalue weighted by molar-refractivity contribution is 9.10. The smallest absolute Gasteiger partial charge is 0.123 e. The van der Waals surface area contributed by atoms with Crippen LogP contribution >= 0.6 is 15.9 Å². The summed E-state index contributed by atoms with van der Waals surface area (Å²) in [6, 6.07) is 11.9. The van der Waals surface area contributed by atoms with Gasteiger partial charge < -0.3 is 10.4 Å². The second-order valence-corrected chi connectivity index (χ2v) is 5.78. The third-order valence-corrected chi connectivity index (χ3v) is 3.80. The second-order valence-electron chi connectivity index (χ2n) is 4.87. The Morgan fingerprint density at radius 1 is 1.10 bits per heavy atom. The van der Waals surface area contributed by atoms with E-state index in [-0.39, 0.29) is 23.7 Å². The van der Waals surface area contributed by atoms with Crippen molar-refractivity contribution in [3.05, 3.63) is 63.9 Å². The van der Waals surface area contributed by atoms with Crippen LogP contribution in [-0.4, -0.2) is 5.11 Å². The largest absolute Gasteiger partial charge is 0.508 e. The molecule has 0 aliphatic rings. The van der Waals surface area contributed by atoms with E-state index in [0.717, 1.165) is 10.0 Å². The molecule has 106 valence electrons. The molecule has 0 bridgehead atoms. The molecule has 0 aliphatic heterocycles. The molecule has 2 aromatic rings. The Bertz CT molecular complexity index is 603. The van der Waals surface area contributed by atoms with Crippen LogP contribution in [0.25, 0.3) is 0 Å². The predicted molar refractivity (Wildman–Crippen MR) is 82.2 cm³/mol. The van der Waals surface area contributed by atoms with E-state index in [1.807, 2.05) is 38.1 Å². The molecule has 0 heterocycles. The number of phenolic OH excluding ortho intramolecular Hbond substituents is 1. The van der Waals surface area contributed by atoms with Gasteiger partial charge in [0.2, 0.25) is 0 Å². The van der Waals surface area contributed by atoms with Crippen LogP contribution in [0.4, 0.5) is 4.39 Å². The third-order valence-electron chi connectivity index (χ3n) is 3.30. The minimum absolute atomic E-state index is 0.0881. The van der Waals surface area contributed by atoms with E-state index in [0.29, 0.717) is 5.56 Å². The first-order valence-corrected chi connectivity index (χ1v) is 7.26. The number of nitrogens with one attached hydrogen (secondary N) is 1. The highest BCUT2D eigenvalue weighted by Crippen LogP contribution is 2.27. The summed E-state index contributed by atoms with van der Waals surface area (Å²) in [6.45, 7) is 3.94. The van der Waals surface area contributed by atoms with E-state index < -0.39 is 0 Å². The molecule has 20 heavy (non-hydrogen) atoms. The Morgan fingerprint density at radius 2 is 1.85 bits per heavy atom. The van der Waals surface area contributed by atoms with Crippen LogP contribution < -0.4 is 5.32 Å². The summed E-state index contributed by atoms with van der Waals surface area (Å²) in [5.41, 5.74) is 1.69. The number of phenols is 1. The molecule has 2 atom stereocenters. The first kappa shape index (κ1) is 15.0. The number of halogens is 2. The molecule has 0 saturated carbocycles. The maximum atomic E-state index is 13.3. The van der Waals surface area contributed by atoms with Gasteiger partial charge in [0.05, 0.1) is 0 Å². The van der Waals surface area contributed by atoms with Crippen LogP contribution in [-0.2, 0) is 0 Å². The van der Waals surface area contributed by atoms with Gasteiger partial charge in [-0.25, -0.2) is 4.39 Å². The van der Waals surface area contributed by atoms with Crippen LogP contribution in [0.15, 0.2) is 46.9 Å². The van der Waals surface area contributed by atoms with Gasteiger partial charge in [0.1, 0.15) is 11.6 Å². The molecule has 0 amide bonds. The SMILES string of the molecule is CC(N[C@@H](C)c1cccc(Br)c1)c1cc(F)ccc1O. The molecule has 2 aromatic carbocycles. The fraction of sp³-hybridized carbons (Fsp3) is 0.250. The number of benzene rings is 2. The Labute approximate surface area is 126 Å². The summed E-state index contributed by atoms with van der Waals surface area (Å²) in [5.74, 6) is -0.241. The monoisotopic (exact) mass is 337 g/mol. The number of aromatic hydroxyl groups is 1. The molecule has 0 aromatic heterocycles. The van der Waals surface area contributed by atoms with E-state index in [1.54, 1.807) is 0 Å². The lowest BCUT2D eigenvalue weighted by molar-refractivity contribution is 0.435. The van der Waals surface area contributed by atoms with Crippen molar-refractivity contribution in [1.82, 2.24) is 5.32 Å².